The maximum Gasteiger partial charge on any atom is -0.0253 e. The van der Waals surface area contributed by atoms with Crippen molar-refractivity contribution in [2.75, 3.05) is 0 Å². The summed E-state index contributed by atoms with van der Waals surface area (Å²) in [5, 5.41) is 2.66. The molecule has 5 rings (SSSR count). The molecule has 26 heavy (non-hydrogen) atoms. The Labute approximate surface area is 171 Å². The van der Waals surface area contributed by atoms with E-state index in [0.717, 1.165) is 6.42 Å². The molecule has 1 aliphatic carbocycles. The molecule has 0 aliphatic heterocycles. The molecule has 1 aliphatic rings. The molecular weight excluding hydrogens is 364 g/mol. The van der Waals surface area contributed by atoms with Crippen LogP contribution in [0.25, 0.3) is 21.9 Å². The van der Waals surface area contributed by atoms with Crippen LogP contribution < -0.4 is 0 Å². The van der Waals surface area contributed by atoms with E-state index in [0.29, 0.717) is 0 Å². The Morgan fingerprint density at radius 2 is 1.50 bits per heavy atom. The molecule has 0 fully saturated rings. The Hall–Kier alpha value is -1.80. The van der Waals surface area contributed by atoms with Gasteiger partial charge in [-0.25, -0.2) is 0 Å². The molecule has 0 bridgehead atoms. The van der Waals surface area contributed by atoms with Gasteiger partial charge in [0.25, 0.3) is 0 Å². The summed E-state index contributed by atoms with van der Waals surface area (Å²) in [4.78, 5) is 0. The van der Waals surface area contributed by atoms with Gasteiger partial charge in [0.15, 0.2) is 0 Å². The van der Waals surface area contributed by atoms with E-state index in [9.17, 15) is 0 Å². The van der Waals surface area contributed by atoms with Crippen molar-refractivity contribution in [2.45, 2.75) is 6.42 Å². The zero-order valence-electron chi connectivity index (χ0n) is 15.3. The molecule has 4 aromatic carbocycles. The quantitative estimate of drug-likeness (QED) is 0.222. The standard InChI is InChI=1S/C13H9.C9H7.2CH3.Si.Ti/c1-3-7-12-10(5-1)9-11-6-2-4-8-13(11)12;1-2-5-9-7-3-6-8(9)4-1;;;;/h1-5,7-8H,9H2;1-7H;2*1H3;;/q4*-1;;. The smallest absolute Gasteiger partial charge is 0.0253 e. The van der Waals surface area contributed by atoms with Crippen LogP contribution in [0, 0.1) is 20.9 Å². The second-order valence-corrected chi connectivity index (χ2v) is 5.55. The van der Waals surface area contributed by atoms with Crippen molar-refractivity contribution in [1.29, 1.82) is 0 Å². The molecule has 0 atom stereocenters. The first-order chi connectivity index (χ1) is 11.9. The third-order valence-corrected chi connectivity index (χ3v) is 4.16. The van der Waals surface area contributed by atoms with Gasteiger partial charge < -0.3 is 14.9 Å². The predicted molar refractivity (Wildman–Crippen MR) is 112 cm³/mol. The van der Waals surface area contributed by atoms with E-state index in [1.54, 1.807) is 19.2 Å². The zero-order valence-corrected chi connectivity index (χ0v) is 17.9. The van der Waals surface area contributed by atoms with Gasteiger partial charge in [0.05, 0.1) is 0 Å². The fourth-order valence-corrected chi connectivity index (χ4v) is 3.07. The zero-order chi connectivity index (χ0) is 16.8. The Kier molecular flexibility index (Phi) is 9.43. The molecule has 0 nitrogen and oxygen atoms in total. The average Bonchev–Trinajstić information content (AvgIpc) is 3.28. The predicted octanol–water partition coefficient (Wildman–Crippen LogP) is 6.13. The first-order valence-corrected chi connectivity index (χ1v) is 10.7. The van der Waals surface area contributed by atoms with E-state index in [-0.39, 0.29) is 14.9 Å². The molecule has 0 amide bonds. The molecule has 0 saturated carbocycles. The summed E-state index contributed by atoms with van der Waals surface area (Å²) in [5.74, 6) is 0. The third kappa shape index (κ3) is 4.88. The monoisotopic (exact) mass is 386 g/mol. The second-order valence-electron chi connectivity index (χ2n) is 5.55. The normalized spacial score (nSPS) is 9.81. The van der Waals surface area contributed by atoms with Gasteiger partial charge in [0, 0.05) is 0 Å². The maximum atomic E-state index is 3.30. The van der Waals surface area contributed by atoms with E-state index < -0.39 is 0 Å². The molecule has 0 N–H and O–H groups in total. The number of hydrogen-bond acceptors (Lipinski definition) is 0. The van der Waals surface area contributed by atoms with E-state index in [1.807, 2.05) is 6.07 Å². The summed E-state index contributed by atoms with van der Waals surface area (Å²) in [6.45, 7) is 0. The average molecular weight is 386 g/mol. The summed E-state index contributed by atoms with van der Waals surface area (Å²) in [5.41, 5.74) is 5.51. The van der Waals surface area contributed by atoms with Crippen LogP contribution in [-0.4, -0.2) is 7.63 Å². The summed E-state index contributed by atoms with van der Waals surface area (Å²) in [6.07, 6.45) is 1.05. The molecule has 0 heterocycles. The van der Waals surface area contributed by atoms with Gasteiger partial charge in [-0.1, -0.05) is 41.5 Å². The molecule has 0 unspecified atom stereocenters. The van der Waals surface area contributed by atoms with E-state index in [4.69, 9.17) is 0 Å². The Morgan fingerprint density at radius 3 is 2.31 bits per heavy atom. The molecule has 0 saturated heterocycles. The van der Waals surface area contributed by atoms with Gasteiger partial charge in [-0.2, -0.15) is 47.3 Å². The van der Waals surface area contributed by atoms with E-state index in [1.165, 1.54) is 33.0 Å². The number of hydrogen-bond donors (Lipinski definition) is 0. The maximum absolute atomic E-state index is 3.30. The van der Waals surface area contributed by atoms with Crippen molar-refractivity contribution >= 4 is 18.4 Å². The van der Waals surface area contributed by atoms with Crippen LogP contribution in [0.1, 0.15) is 11.1 Å². The van der Waals surface area contributed by atoms with Crippen LogP contribution in [0.3, 0.4) is 0 Å². The number of rotatable bonds is 0. The van der Waals surface area contributed by atoms with Crippen molar-refractivity contribution < 1.29 is 19.2 Å². The second kappa shape index (κ2) is 11.0. The molecule has 130 valence electrons. The fraction of sp³-hybridized carbons (Fsp3) is 0.0417. The topological polar surface area (TPSA) is 0 Å². The Bertz CT molecular complexity index is 866. The summed E-state index contributed by atoms with van der Waals surface area (Å²) in [6, 6.07) is 32.8. The minimum Gasteiger partial charge on any atom is -0.179 e. The van der Waals surface area contributed by atoms with Crippen molar-refractivity contribution in [2.24, 2.45) is 0 Å². The summed E-state index contributed by atoms with van der Waals surface area (Å²) < 4.78 is 0. The van der Waals surface area contributed by atoms with Gasteiger partial charge in [-0.15, -0.1) is 35.2 Å². The van der Waals surface area contributed by atoms with Crippen LogP contribution in [0.15, 0.2) is 84.9 Å². The van der Waals surface area contributed by atoms with Gasteiger partial charge in [0.1, 0.15) is 0 Å². The van der Waals surface area contributed by atoms with E-state index in [2.05, 4.69) is 92.6 Å². The van der Waals surface area contributed by atoms with Crippen molar-refractivity contribution in [3.05, 3.63) is 117 Å². The van der Waals surface area contributed by atoms with Crippen molar-refractivity contribution in [3.63, 3.8) is 0 Å². The molecule has 4 aromatic rings. The molecular formula is C24H22SiTi-4. The summed E-state index contributed by atoms with van der Waals surface area (Å²) >= 11 is 1.81. The van der Waals surface area contributed by atoms with Crippen LogP contribution in [-0.2, 0) is 25.6 Å². The molecule has 0 spiro atoms. The SMILES string of the molecule is [CH3-].[CH3-].[Si]=[Ti].[c-]1cccc2c1Cc1ccccc1-2.c1ccc2[cH-]ccc2c1. The largest absolute Gasteiger partial charge is 0.179 e. The van der Waals surface area contributed by atoms with E-state index >= 15 is 0 Å². The fourth-order valence-electron chi connectivity index (χ4n) is 3.07. The van der Waals surface area contributed by atoms with Crippen LogP contribution >= 0.6 is 0 Å². The van der Waals surface area contributed by atoms with Crippen LogP contribution in [0.2, 0.25) is 0 Å². The molecule has 0 aromatic heterocycles. The minimum atomic E-state index is 0. The van der Waals surface area contributed by atoms with Crippen molar-refractivity contribution in [1.82, 2.24) is 0 Å². The third-order valence-electron chi connectivity index (χ3n) is 4.16. The van der Waals surface area contributed by atoms with Gasteiger partial charge in [-0.05, 0) is 6.42 Å². The van der Waals surface area contributed by atoms with Gasteiger partial charge in [0.2, 0.25) is 0 Å². The minimum absolute atomic E-state index is 0. The summed E-state index contributed by atoms with van der Waals surface area (Å²) in [7, 11) is 2.97. The first-order valence-electron chi connectivity index (χ1n) is 7.85. The molecule has 2 radical (unpaired) electrons. The van der Waals surface area contributed by atoms with Gasteiger partial charge in [-0.3, -0.25) is 0 Å². The number of benzene rings is 3. The van der Waals surface area contributed by atoms with Crippen LogP contribution in [0.5, 0.6) is 0 Å². The number of fused-ring (bicyclic) bond motifs is 4. The Morgan fingerprint density at radius 1 is 0.808 bits per heavy atom. The van der Waals surface area contributed by atoms with Gasteiger partial charge >= 0.3 is 26.8 Å². The van der Waals surface area contributed by atoms with Crippen LogP contribution in [0.4, 0.5) is 0 Å². The Balaban J connectivity index is 0.000000232. The first kappa shape index (κ1) is 22.2. The van der Waals surface area contributed by atoms with Crippen molar-refractivity contribution in [3.8, 4) is 11.1 Å². The molecule has 2 heteroatoms.